The molecule has 16 heavy (non-hydrogen) atoms. The van der Waals surface area contributed by atoms with E-state index in [9.17, 15) is 9.90 Å². The second-order valence-corrected chi connectivity index (χ2v) is 4.07. The highest BCUT2D eigenvalue weighted by Crippen LogP contribution is 2.25. The molecular formula is C12H20O4. The third kappa shape index (κ3) is 4.43. The number of ether oxygens (including phenoxy) is 1. The summed E-state index contributed by atoms with van der Waals surface area (Å²) in [6, 6.07) is 0. The summed E-state index contributed by atoms with van der Waals surface area (Å²) in [7, 11) is 0. The monoisotopic (exact) mass is 228 g/mol. The first kappa shape index (κ1) is 13.4. The summed E-state index contributed by atoms with van der Waals surface area (Å²) in [5.41, 5.74) is 0. The second kappa shape index (κ2) is 6.78. The van der Waals surface area contributed by atoms with Crippen molar-refractivity contribution in [2.24, 2.45) is 0 Å². The molecular weight excluding hydrogens is 208 g/mol. The lowest BCUT2D eigenvalue weighted by molar-refractivity contribution is -0.119. The summed E-state index contributed by atoms with van der Waals surface area (Å²) in [6.07, 6.45) is 4.99. The summed E-state index contributed by atoms with van der Waals surface area (Å²) >= 11 is 0. The molecule has 1 heterocycles. The van der Waals surface area contributed by atoms with Gasteiger partial charge >= 0.3 is 0 Å². The first-order valence-electron chi connectivity index (χ1n) is 5.81. The maximum atomic E-state index is 11.2. The number of carbonyl (C=O) groups excluding carboxylic acids is 1. The smallest absolute Gasteiger partial charge is 0.133 e. The fraction of sp³-hybridized carbons (Fsp3) is 0.750. The number of hydrogen-bond acceptors (Lipinski definition) is 4. The molecule has 1 aliphatic rings. The molecule has 0 aromatic rings. The quantitative estimate of drug-likeness (QED) is 0.476. The SMILES string of the molecule is CCCC(=O)CC/C=C/[C@H](O)C1OC1CO. The predicted molar refractivity (Wildman–Crippen MR) is 60.0 cm³/mol. The Morgan fingerprint density at radius 3 is 2.81 bits per heavy atom. The molecule has 2 unspecified atom stereocenters. The van der Waals surface area contributed by atoms with Gasteiger partial charge in [-0.05, 0) is 12.8 Å². The summed E-state index contributed by atoms with van der Waals surface area (Å²) in [5, 5.41) is 18.3. The number of Topliss-reactive ketones (excluding diaryl/α,β-unsaturated/α-hetero) is 1. The Bertz CT molecular complexity index is 249. The highest BCUT2D eigenvalue weighted by molar-refractivity contribution is 5.78. The average Bonchev–Trinajstić information content (AvgIpc) is 3.03. The zero-order valence-corrected chi connectivity index (χ0v) is 9.63. The van der Waals surface area contributed by atoms with E-state index in [-0.39, 0.29) is 24.6 Å². The zero-order valence-electron chi connectivity index (χ0n) is 9.63. The van der Waals surface area contributed by atoms with Gasteiger partial charge in [0.25, 0.3) is 0 Å². The van der Waals surface area contributed by atoms with Gasteiger partial charge in [-0.2, -0.15) is 0 Å². The number of aliphatic hydroxyl groups excluding tert-OH is 2. The van der Waals surface area contributed by atoms with Crippen molar-refractivity contribution in [1.82, 2.24) is 0 Å². The molecule has 0 saturated carbocycles. The van der Waals surface area contributed by atoms with Crippen LogP contribution >= 0.6 is 0 Å². The molecule has 4 nitrogen and oxygen atoms in total. The van der Waals surface area contributed by atoms with Crippen LogP contribution in [0.2, 0.25) is 0 Å². The van der Waals surface area contributed by atoms with E-state index in [4.69, 9.17) is 9.84 Å². The van der Waals surface area contributed by atoms with Gasteiger partial charge in [-0.15, -0.1) is 0 Å². The molecule has 0 aromatic heterocycles. The van der Waals surface area contributed by atoms with Crippen molar-refractivity contribution in [2.75, 3.05) is 6.61 Å². The van der Waals surface area contributed by atoms with Crippen LogP contribution in [0.15, 0.2) is 12.2 Å². The Morgan fingerprint density at radius 2 is 2.25 bits per heavy atom. The number of aliphatic hydroxyl groups is 2. The van der Waals surface area contributed by atoms with Crippen molar-refractivity contribution < 1.29 is 19.7 Å². The number of epoxide rings is 1. The number of rotatable bonds is 8. The van der Waals surface area contributed by atoms with Crippen molar-refractivity contribution in [3.8, 4) is 0 Å². The van der Waals surface area contributed by atoms with Gasteiger partial charge in [-0.1, -0.05) is 19.1 Å². The maximum absolute atomic E-state index is 11.2. The number of carbonyl (C=O) groups is 1. The molecule has 1 aliphatic heterocycles. The third-order valence-corrected chi connectivity index (χ3v) is 2.59. The van der Waals surface area contributed by atoms with Crippen LogP contribution in [0.3, 0.4) is 0 Å². The van der Waals surface area contributed by atoms with E-state index in [1.165, 1.54) is 0 Å². The van der Waals surface area contributed by atoms with E-state index >= 15 is 0 Å². The van der Waals surface area contributed by atoms with Crippen molar-refractivity contribution in [3.63, 3.8) is 0 Å². The van der Waals surface area contributed by atoms with Crippen LogP contribution in [0, 0.1) is 0 Å². The standard InChI is InChI=1S/C12H20O4/c1-2-5-9(14)6-3-4-7-10(15)12-11(8-13)16-12/h4,7,10-13,15H,2-3,5-6,8H2,1H3/b7-4+/t10-,11?,12?/m0/s1. The fourth-order valence-corrected chi connectivity index (χ4v) is 1.60. The van der Waals surface area contributed by atoms with Gasteiger partial charge in [0.15, 0.2) is 0 Å². The molecule has 3 atom stereocenters. The lowest BCUT2D eigenvalue weighted by Gasteiger charge is -1.99. The van der Waals surface area contributed by atoms with Crippen LogP contribution in [0.1, 0.15) is 32.6 Å². The Balaban J connectivity index is 2.10. The average molecular weight is 228 g/mol. The molecule has 0 aliphatic carbocycles. The third-order valence-electron chi connectivity index (χ3n) is 2.59. The van der Waals surface area contributed by atoms with Crippen LogP contribution in [-0.2, 0) is 9.53 Å². The van der Waals surface area contributed by atoms with Gasteiger partial charge in [0.05, 0.1) is 6.61 Å². The molecule has 2 N–H and O–H groups in total. The van der Waals surface area contributed by atoms with Gasteiger partial charge in [-0.25, -0.2) is 0 Å². The summed E-state index contributed by atoms with van der Waals surface area (Å²) < 4.78 is 5.03. The van der Waals surface area contributed by atoms with E-state index in [2.05, 4.69) is 0 Å². The number of allylic oxidation sites excluding steroid dienone is 1. The van der Waals surface area contributed by atoms with Crippen LogP contribution in [0.4, 0.5) is 0 Å². The van der Waals surface area contributed by atoms with Crippen LogP contribution < -0.4 is 0 Å². The normalized spacial score (nSPS) is 25.9. The molecule has 0 amide bonds. The molecule has 0 bridgehead atoms. The minimum atomic E-state index is -0.668. The van der Waals surface area contributed by atoms with E-state index < -0.39 is 6.10 Å². The molecule has 0 aromatic carbocycles. The topological polar surface area (TPSA) is 70.1 Å². The van der Waals surface area contributed by atoms with Gasteiger partial charge in [-0.3, -0.25) is 4.79 Å². The molecule has 1 rings (SSSR count). The molecule has 1 fully saturated rings. The first-order valence-corrected chi connectivity index (χ1v) is 5.81. The minimum absolute atomic E-state index is 0.0510. The minimum Gasteiger partial charge on any atom is -0.394 e. The zero-order chi connectivity index (χ0) is 12.0. The van der Waals surface area contributed by atoms with E-state index in [0.29, 0.717) is 19.3 Å². The molecule has 92 valence electrons. The largest absolute Gasteiger partial charge is 0.394 e. The van der Waals surface area contributed by atoms with Crippen LogP contribution in [0.25, 0.3) is 0 Å². The van der Waals surface area contributed by atoms with Crippen molar-refractivity contribution in [2.45, 2.75) is 50.9 Å². The van der Waals surface area contributed by atoms with E-state index in [0.717, 1.165) is 6.42 Å². The summed E-state index contributed by atoms with van der Waals surface area (Å²) in [6.45, 7) is 1.93. The predicted octanol–water partition coefficient (Wildman–Crippen LogP) is 0.813. The molecule has 0 radical (unpaired) electrons. The summed E-state index contributed by atoms with van der Waals surface area (Å²) in [4.78, 5) is 11.2. The van der Waals surface area contributed by atoms with Crippen molar-refractivity contribution in [1.29, 1.82) is 0 Å². The second-order valence-electron chi connectivity index (χ2n) is 4.07. The maximum Gasteiger partial charge on any atom is 0.133 e. The van der Waals surface area contributed by atoms with Crippen molar-refractivity contribution >= 4 is 5.78 Å². The molecule has 0 spiro atoms. The lowest BCUT2D eigenvalue weighted by Crippen LogP contribution is -2.15. The van der Waals surface area contributed by atoms with Gasteiger partial charge in [0.2, 0.25) is 0 Å². The fourth-order valence-electron chi connectivity index (χ4n) is 1.60. The van der Waals surface area contributed by atoms with Crippen molar-refractivity contribution in [3.05, 3.63) is 12.2 Å². The Hall–Kier alpha value is -0.710. The lowest BCUT2D eigenvalue weighted by atomic mass is 10.1. The summed E-state index contributed by atoms with van der Waals surface area (Å²) in [5.74, 6) is 0.262. The van der Waals surface area contributed by atoms with E-state index in [1.54, 1.807) is 12.2 Å². The highest BCUT2D eigenvalue weighted by atomic mass is 16.6. The molecule has 4 heteroatoms. The number of hydrogen-bond donors (Lipinski definition) is 2. The Kier molecular flexibility index (Phi) is 5.66. The van der Waals surface area contributed by atoms with E-state index in [1.807, 2.05) is 6.92 Å². The van der Waals surface area contributed by atoms with Gasteiger partial charge in [0.1, 0.15) is 24.1 Å². The molecule has 1 saturated heterocycles. The van der Waals surface area contributed by atoms with Crippen LogP contribution in [-0.4, -0.2) is 40.9 Å². The number of ketones is 1. The van der Waals surface area contributed by atoms with Gasteiger partial charge in [0, 0.05) is 12.8 Å². The van der Waals surface area contributed by atoms with Crippen LogP contribution in [0.5, 0.6) is 0 Å². The van der Waals surface area contributed by atoms with Gasteiger partial charge < -0.3 is 14.9 Å². The highest BCUT2D eigenvalue weighted by Gasteiger charge is 2.42. The first-order chi connectivity index (χ1) is 7.69. The Morgan fingerprint density at radius 1 is 1.50 bits per heavy atom. The Labute approximate surface area is 95.9 Å².